The van der Waals surface area contributed by atoms with Crippen LogP contribution in [0.15, 0.2) is 12.5 Å². The molecular formula is C18H28N2O4. The van der Waals surface area contributed by atoms with E-state index in [1.54, 1.807) is 19.4 Å². The lowest BCUT2D eigenvalue weighted by atomic mass is 9.87. The van der Waals surface area contributed by atoms with Gasteiger partial charge in [0.2, 0.25) is 0 Å². The van der Waals surface area contributed by atoms with Gasteiger partial charge in [-0.25, -0.2) is 4.98 Å². The number of esters is 2. The second-order valence-corrected chi connectivity index (χ2v) is 6.58. The van der Waals surface area contributed by atoms with Crippen molar-refractivity contribution in [3.05, 3.63) is 18.2 Å². The molecule has 1 aliphatic rings. The molecule has 0 spiro atoms. The van der Waals surface area contributed by atoms with Gasteiger partial charge in [-0.2, -0.15) is 0 Å². The molecule has 0 saturated heterocycles. The molecule has 0 radical (unpaired) electrons. The van der Waals surface area contributed by atoms with Gasteiger partial charge in [-0.05, 0) is 31.6 Å². The Labute approximate surface area is 143 Å². The van der Waals surface area contributed by atoms with Crippen molar-refractivity contribution in [2.24, 2.45) is 24.8 Å². The first-order valence-corrected chi connectivity index (χ1v) is 8.82. The van der Waals surface area contributed by atoms with Gasteiger partial charge >= 0.3 is 11.9 Å². The summed E-state index contributed by atoms with van der Waals surface area (Å²) in [6.45, 7) is 4.48. The molecule has 1 saturated carbocycles. The Kier molecular flexibility index (Phi) is 6.82. The maximum atomic E-state index is 12.5. The van der Waals surface area contributed by atoms with E-state index in [0.29, 0.717) is 31.8 Å². The van der Waals surface area contributed by atoms with Crippen LogP contribution in [0.25, 0.3) is 0 Å². The van der Waals surface area contributed by atoms with Crippen LogP contribution in [0.4, 0.5) is 0 Å². The van der Waals surface area contributed by atoms with Crippen LogP contribution in [0.1, 0.15) is 45.2 Å². The summed E-state index contributed by atoms with van der Waals surface area (Å²) in [4.78, 5) is 28.1. The number of nitrogens with zero attached hydrogens (tertiary/aromatic N) is 2. The minimum Gasteiger partial charge on any atom is -0.465 e. The zero-order chi connectivity index (χ0) is 17.5. The molecule has 0 unspecified atom stereocenters. The fourth-order valence-corrected chi connectivity index (χ4v) is 2.75. The second-order valence-electron chi connectivity index (χ2n) is 6.58. The molecule has 1 heterocycles. The van der Waals surface area contributed by atoms with Crippen molar-refractivity contribution in [1.29, 1.82) is 0 Å². The molecule has 1 aromatic rings. The van der Waals surface area contributed by atoms with Crippen molar-refractivity contribution in [3.8, 4) is 0 Å². The van der Waals surface area contributed by atoms with Crippen molar-refractivity contribution >= 4 is 11.9 Å². The van der Waals surface area contributed by atoms with Gasteiger partial charge in [0.1, 0.15) is 0 Å². The number of hydrogen-bond acceptors (Lipinski definition) is 5. The Hall–Kier alpha value is -1.85. The molecule has 24 heavy (non-hydrogen) atoms. The molecular weight excluding hydrogens is 308 g/mol. The summed E-state index contributed by atoms with van der Waals surface area (Å²) in [7, 11) is 1.92. The highest BCUT2D eigenvalue weighted by molar-refractivity contribution is 5.73. The zero-order valence-corrected chi connectivity index (χ0v) is 14.9. The predicted molar refractivity (Wildman–Crippen MR) is 89.1 cm³/mol. The summed E-state index contributed by atoms with van der Waals surface area (Å²) < 4.78 is 12.7. The summed E-state index contributed by atoms with van der Waals surface area (Å²) in [6, 6.07) is 0. The molecule has 0 bridgehead atoms. The summed E-state index contributed by atoms with van der Waals surface area (Å²) in [5.41, 5.74) is 1.01. The maximum absolute atomic E-state index is 12.5. The van der Waals surface area contributed by atoms with Crippen LogP contribution in [0.3, 0.4) is 0 Å². The van der Waals surface area contributed by atoms with Crippen LogP contribution in [-0.2, 0) is 32.5 Å². The molecule has 1 aromatic heterocycles. The van der Waals surface area contributed by atoms with Crippen LogP contribution < -0.4 is 0 Å². The Balaban J connectivity index is 2.03. The quantitative estimate of drug-likeness (QED) is 0.614. The minimum absolute atomic E-state index is 0.104. The smallest absolute Gasteiger partial charge is 0.309 e. The van der Waals surface area contributed by atoms with Crippen LogP contribution in [0.2, 0.25) is 0 Å². The third-order valence-electron chi connectivity index (χ3n) is 4.60. The van der Waals surface area contributed by atoms with Crippen molar-refractivity contribution in [2.45, 2.75) is 46.0 Å². The van der Waals surface area contributed by atoms with Gasteiger partial charge < -0.3 is 14.0 Å². The van der Waals surface area contributed by atoms with E-state index in [-0.39, 0.29) is 30.4 Å². The normalized spacial score (nSPS) is 16.5. The highest BCUT2D eigenvalue weighted by atomic mass is 16.5. The molecule has 0 aliphatic heterocycles. The van der Waals surface area contributed by atoms with E-state index in [0.717, 1.165) is 18.5 Å². The molecule has 0 aromatic carbocycles. The van der Waals surface area contributed by atoms with E-state index in [4.69, 9.17) is 9.47 Å². The number of carbonyl (C=O) groups excluding carboxylic acids is 2. The van der Waals surface area contributed by atoms with Gasteiger partial charge in [0.15, 0.2) is 0 Å². The SMILES string of the molecule is CCC(=O)OC[C@H](Cc1cncn1C)[C@H](CC)C(=O)OCC1CC1. The first-order valence-electron chi connectivity index (χ1n) is 8.82. The van der Waals surface area contributed by atoms with E-state index >= 15 is 0 Å². The van der Waals surface area contributed by atoms with Gasteiger partial charge in [0.05, 0.1) is 25.5 Å². The van der Waals surface area contributed by atoms with Crippen LogP contribution >= 0.6 is 0 Å². The predicted octanol–water partition coefficient (Wildman–Crippen LogP) is 2.51. The Morgan fingerprint density at radius 2 is 2.08 bits per heavy atom. The molecule has 2 atom stereocenters. The molecule has 1 aliphatic carbocycles. The minimum atomic E-state index is -0.275. The summed E-state index contributed by atoms with van der Waals surface area (Å²) in [5, 5.41) is 0. The van der Waals surface area contributed by atoms with Crippen LogP contribution in [0.5, 0.6) is 0 Å². The lowest BCUT2D eigenvalue weighted by Gasteiger charge is -2.24. The third-order valence-corrected chi connectivity index (χ3v) is 4.60. The van der Waals surface area contributed by atoms with E-state index in [1.807, 2.05) is 18.5 Å². The Morgan fingerprint density at radius 1 is 1.33 bits per heavy atom. The van der Waals surface area contributed by atoms with Crippen molar-refractivity contribution in [1.82, 2.24) is 9.55 Å². The maximum Gasteiger partial charge on any atom is 0.309 e. The average Bonchev–Trinajstić information content (AvgIpc) is 3.33. The lowest BCUT2D eigenvalue weighted by molar-refractivity contribution is -0.155. The van der Waals surface area contributed by atoms with E-state index in [9.17, 15) is 9.59 Å². The van der Waals surface area contributed by atoms with Gasteiger partial charge in [0.25, 0.3) is 0 Å². The third kappa shape index (κ3) is 5.35. The van der Waals surface area contributed by atoms with E-state index in [1.165, 1.54) is 0 Å². The second kappa shape index (κ2) is 8.85. The molecule has 134 valence electrons. The largest absolute Gasteiger partial charge is 0.465 e. The zero-order valence-electron chi connectivity index (χ0n) is 14.9. The first-order chi connectivity index (χ1) is 11.5. The molecule has 6 nitrogen and oxygen atoms in total. The number of rotatable bonds is 10. The summed E-state index contributed by atoms with van der Waals surface area (Å²) in [6.07, 6.45) is 7.45. The number of carbonyl (C=O) groups is 2. The number of hydrogen-bond donors (Lipinski definition) is 0. The van der Waals surface area contributed by atoms with E-state index < -0.39 is 0 Å². The Bertz CT molecular complexity index is 551. The van der Waals surface area contributed by atoms with E-state index in [2.05, 4.69) is 4.98 Å². The average molecular weight is 336 g/mol. The lowest BCUT2D eigenvalue weighted by Crippen LogP contribution is -2.31. The monoisotopic (exact) mass is 336 g/mol. The molecule has 0 N–H and O–H groups in total. The number of imidazole rings is 1. The van der Waals surface area contributed by atoms with Gasteiger partial charge in [-0.1, -0.05) is 13.8 Å². The van der Waals surface area contributed by atoms with Gasteiger partial charge in [0, 0.05) is 31.3 Å². The first kappa shape index (κ1) is 18.5. The molecule has 2 rings (SSSR count). The number of aromatic nitrogens is 2. The highest BCUT2D eigenvalue weighted by Gasteiger charge is 2.32. The van der Waals surface area contributed by atoms with Gasteiger partial charge in [-0.3, -0.25) is 9.59 Å². The standard InChI is InChI=1S/C18H28N2O4/c1-4-16(18(22)24-10-13-6-7-13)14(11-23-17(21)5-2)8-15-9-19-12-20(15)3/h9,12-14,16H,4-8,10-11H2,1-3H3/t14-,16-/m0/s1. The number of aryl methyl sites for hydroxylation is 1. The van der Waals surface area contributed by atoms with Gasteiger partial charge in [-0.15, -0.1) is 0 Å². The van der Waals surface area contributed by atoms with Crippen LogP contribution in [0, 0.1) is 17.8 Å². The molecule has 6 heteroatoms. The molecule has 0 amide bonds. The molecule has 1 fully saturated rings. The topological polar surface area (TPSA) is 70.4 Å². The fraction of sp³-hybridized carbons (Fsp3) is 0.722. The summed E-state index contributed by atoms with van der Waals surface area (Å²) >= 11 is 0. The van der Waals surface area contributed by atoms with Crippen molar-refractivity contribution in [3.63, 3.8) is 0 Å². The Morgan fingerprint density at radius 3 is 2.62 bits per heavy atom. The fourth-order valence-electron chi connectivity index (χ4n) is 2.75. The highest BCUT2D eigenvalue weighted by Crippen LogP contribution is 2.30. The summed E-state index contributed by atoms with van der Waals surface area (Å²) in [5.74, 6) is -0.258. The number of ether oxygens (including phenoxy) is 2. The van der Waals surface area contributed by atoms with Crippen molar-refractivity contribution < 1.29 is 19.1 Å². The van der Waals surface area contributed by atoms with Crippen molar-refractivity contribution in [2.75, 3.05) is 13.2 Å². The van der Waals surface area contributed by atoms with Crippen LogP contribution in [-0.4, -0.2) is 34.7 Å².